The maximum Gasteiger partial charge on any atom is 0.158 e. The van der Waals surface area contributed by atoms with Gasteiger partial charge in [0.15, 0.2) is 5.82 Å². The molecule has 1 aliphatic carbocycles. The predicted octanol–water partition coefficient (Wildman–Crippen LogP) is 4.04. The lowest BCUT2D eigenvalue weighted by molar-refractivity contribution is 0.809. The Hall–Kier alpha value is -1.87. The number of hydrogen-bond acceptors (Lipinski definition) is 2. The van der Waals surface area contributed by atoms with Crippen molar-refractivity contribution >= 4 is 22.5 Å². The molecule has 0 radical (unpaired) electrons. The van der Waals surface area contributed by atoms with Crippen molar-refractivity contribution in [1.82, 2.24) is 14.8 Å². The molecule has 3 nitrogen and oxygen atoms in total. The molecule has 0 spiro atoms. The van der Waals surface area contributed by atoms with Gasteiger partial charge in [0.1, 0.15) is 0 Å². The van der Waals surface area contributed by atoms with Gasteiger partial charge < -0.3 is 0 Å². The van der Waals surface area contributed by atoms with E-state index in [0.29, 0.717) is 11.8 Å². The highest BCUT2D eigenvalue weighted by molar-refractivity contribution is 6.17. The lowest BCUT2D eigenvalue weighted by Gasteiger charge is -2.08. The van der Waals surface area contributed by atoms with Gasteiger partial charge >= 0.3 is 0 Å². The standard InChI is InChI=1S/C16H14ClN3/c17-10-13-9-12-3-1-2-4-14(12)18-16(13)20-8-7-15(19-20)11-5-6-11/h1-4,7-9,11H,5-6,10H2. The number of hydrogen-bond donors (Lipinski definition) is 0. The van der Waals surface area contributed by atoms with E-state index in [-0.39, 0.29) is 0 Å². The third-order valence-electron chi connectivity index (χ3n) is 3.75. The first-order valence-corrected chi connectivity index (χ1v) is 7.39. The zero-order valence-electron chi connectivity index (χ0n) is 11.0. The smallest absolute Gasteiger partial charge is 0.158 e. The molecule has 4 heteroatoms. The van der Waals surface area contributed by atoms with Gasteiger partial charge in [-0.15, -0.1) is 11.6 Å². The van der Waals surface area contributed by atoms with Gasteiger partial charge in [0.2, 0.25) is 0 Å². The number of pyridine rings is 1. The summed E-state index contributed by atoms with van der Waals surface area (Å²) in [5.74, 6) is 1.92. The SMILES string of the molecule is ClCc1cc2ccccc2nc1-n1ccc(C2CC2)n1. The molecule has 1 saturated carbocycles. The fourth-order valence-electron chi connectivity index (χ4n) is 2.50. The van der Waals surface area contributed by atoms with Crippen molar-refractivity contribution in [2.24, 2.45) is 0 Å². The summed E-state index contributed by atoms with van der Waals surface area (Å²) in [6.45, 7) is 0. The van der Waals surface area contributed by atoms with E-state index in [1.165, 1.54) is 18.5 Å². The predicted molar refractivity (Wildman–Crippen MR) is 80.4 cm³/mol. The van der Waals surface area contributed by atoms with Crippen LogP contribution < -0.4 is 0 Å². The van der Waals surface area contributed by atoms with Crippen molar-refractivity contribution < 1.29 is 0 Å². The Morgan fingerprint density at radius 3 is 2.85 bits per heavy atom. The Bertz CT molecular complexity index is 774. The molecule has 1 fully saturated rings. The van der Waals surface area contributed by atoms with Crippen molar-refractivity contribution in [2.45, 2.75) is 24.6 Å². The minimum absolute atomic E-state index is 0.436. The van der Waals surface area contributed by atoms with Crippen molar-refractivity contribution in [1.29, 1.82) is 0 Å². The number of benzene rings is 1. The van der Waals surface area contributed by atoms with Crippen molar-refractivity contribution in [2.75, 3.05) is 0 Å². The second kappa shape index (κ2) is 4.60. The van der Waals surface area contributed by atoms with Gasteiger partial charge in [0.05, 0.1) is 17.1 Å². The molecule has 3 aromatic rings. The summed E-state index contributed by atoms with van der Waals surface area (Å²) < 4.78 is 1.86. The molecule has 1 aromatic carbocycles. The first-order valence-electron chi connectivity index (χ1n) is 6.86. The molecule has 0 bridgehead atoms. The van der Waals surface area contributed by atoms with E-state index < -0.39 is 0 Å². The Morgan fingerprint density at radius 2 is 2.05 bits per heavy atom. The van der Waals surface area contributed by atoms with Crippen LogP contribution in [0.4, 0.5) is 0 Å². The van der Waals surface area contributed by atoms with E-state index in [9.17, 15) is 0 Å². The molecule has 0 N–H and O–H groups in total. The van der Waals surface area contributed by atoms with Crippen LogP contribution in [-0.2, 0) is 5.88 Å². The Morgan fingerprint density at radius 1 is 1.20 bits per heavy atom. The number of aromatic nitrogens is 3. The number of nitrogens with zero attached hydrogens (tertiary/aromatic N) is 3. The number of rotatable bonds is 3. The van der Waals surface area contributed by atoms with E-state index in [2.05, 4.69) is 23.3 Å². The molecule has 2 heterocycles. The lowest BCUT2D eigenvalue weighted by atomic mass is 10.1. The van der Waals surface area contributed by atoms with Crippen LogP contribution in [0.3, 0.4) is 0 Å². The van der Waals surface area contributed by atoms with E-state index in [1.54, 1.807) is 0 Å². The monoisotopic (exact) mass is 283 g/mol. The fraction of sp³-hybridized carbons (Fsp3) is 0.250. The molecular formula is C16H14ClN3. The molecule has 4 rings (SSSR count). The molecule has 1 aliphatic rings. The quantitative estimate of drug-likeness (QED) is 0.679. The maximum absolute atomic E-state index is 6.08. The van der Waals surface area contributed by atoms with Gasteiger partial charge in [0.25, 0.3) is 0 Å². The van der Waals surface area contributed by atoms with E-state index in [0.717, 1.165) is 22.3 Å². The highest BCUT2D eigenvalue weighted by Crippen LogP contribution is 2.39. The van der Waals surface area contributed by atoms with Gasteiger partial charge in [0, 0.05) is 23.1 Å². The fourth-order valence-corrected chi connectivity index (χ4v) is 2.70. The third-order valence-corrected chi connectivity index (χ3v) is 4.03. The largest absolute Gasteiger partial charge is 0.228 e. The minimum atomic E-state index is 0.436. The summed E-state index contributed by atoms with van der Waals surface area (Å²) in [4.78, 5) is 4.73. The molecule has 0 unspecified atom stereocenters. The van der Waals surface area contributed by atoms with E-state index in [4.69, 9.17) is 16.6 Å². The zero-order chi connectivity index (χ0) is 13.5. The second-order valence-corrected chi connectivity index (χ2v) is 5.52. The van der Waals surface area contributed by atoms with Gasteiger partial charge in [-0.05, 0) is 31.0 Å². The van der Waals surface area contributed by atoms with Gasteiger partial charge in [-0.3, -0.25) is 0 Å². The van der Waals surface area contributed by atoms with Crippen LogP contribution >= 0.6 is 11.6 Å². The van der Waals surface area contributed by atoms with Gasteiger partial charge in [-0.25, -0.2) is 9.67 Å². The summed E-state index contributed by atoms with van der Waals surface area (Å²) in [6, 6.07) is 12.3. The normalized spacial score (nSPS) is 14.8. The van der Waals surface area contributed by atoms with Crippen molar-refractivity contribution in [3.63, 3.8) is 0 Å². The van der Waals surface area contributed by atoms with Crippen LogP contribution in [0.25, 0.3) is 16.7 Å². The van der Waals surface area contributed by atoms with Crippen LogP contribution in [0.15, 0.2) is 42.6 Å². The maximum atomic E-state index is 6.08. The summed E-state index contributed by atoms with van der Waals surface area (Å²) in [5.41, 5.74) is 3.15. The number of para-hydroxylation sites is 1. The second-order valence-electron chi connectivity index (χ2n) is 5.26. The zero-order valence-corrected chi connectivity index (χ0v) is 11.7. The summed E-state index contributed by atoms with van der Waals surface area (Å²) in [6.07, 6.45) is 4.50. The highest BCUT2D eigenvalue weighted by Gasteiger charge is 2.26. The number of halogens is 1. The molecule has 100 valence electrons. The summed E-state index contributed by atoms with van der Waals surface area (Å²) >= 11 is 6.08. The molecule has 2 aromatic heterocycles. The Kier molecular flexibility index (Phi) is 2.74. The van der Waals surface area contributed by atoms with E-state index in [1.807, 2.05) is 29.1 Å². The molecule has 0 atom stereocenters. The first kappa shape index (κ1) is 11.9. The van der Waals surface area contributed by atoms with Gasteiger partial charge in [-0.2, -0.15) is 5.10 Å². The topological polar surface area (TPSA) is 30.7 Å². The third kappa shape index (κ3) is 1.98. The molecular weight excluding hydrogens is 270 g/mol. The highest BCUT2D eigenvalue weighted by atomic mass is 35.5. The Balaban J connectivity index is 1.87. The molecule has 0 aliphatic heterocycles. The average molecular weight is 284 g/mol. The van der Waals surface area contributed by atoms with Crippen molar-refractivity contribution in [3.8, 4) is 5.82 Å². The van der Waals surface area contributed by atoms with Crippen LogP contribution in [0.5, 0.6) is 0 Å². The van der Waals surface area contributed by atoms with E-state index >= 15 is 0 Å². The lowest BCUT2D eigenvalue weighted by Crippen LogP contribution is -2.03. The van der Waals surface area contributed by atoms with Crippen LogP contribution in [0, 0.1) is 0 Å². The summed E-state index contributed by atoms with van der Waals surface area (Å²) in [5, 5.41) is 5.77. The number of alkyl halides is 1. The van der Waals surface area contributed by atoms with Crippen LogP contribution in [-0.4, -0.2) is 14.8 Å². The van der Waals surface area contributed by atoms with Crippen molar-refractivity contribution in [3.05, 3.63) is 53.9 Å². The van der Waals surface area contributed by atoms with Gasteiger partial charge in [-0.1, -0.05) is 18.2 Å². The molecule has 0 amide bonds. The average Bonchev–Trinajstić information content (AvgIpc) is 3.23. The Labute approximate surface area is 122 Å². The van der Waals surface area contributed by atoms with Crippen LogP contribution in [0.1, 0.15) is 30.0 Å². The van der Waals surface area contributed by atoms with Crippen LogP contribution in [0.2, 0.25) is 0 Å². The molecule has 20 heavy (non-hydrogen) atoms. The summed E-state index contributed by atoms with van der Waals surface area (Å²) in [7, 11) is 0. The minimum Gasteiger partial charge on any atom is -0.228 e. The number of fused-ring (bicyclic) bond motifs is 1. The first-order chi connectivity index (χ1) is 9.85. The molecule has 0 saturated heterocycles.